The van der Waals surface area contributed by atoms with E-state index in [9.17, 15) is 33.7 Å². The molecule has 0 aliphatic rings. The van der Waals surface area contributed by atoms with E-state index in [2.05, 4.69) is 15.0 Å². The maximum Gasteiger partial charge on any atom is 0.323 e. The predicted molar refractivity (Wildman–Crippen MR) is 197 cm³/mol. The molecule has 0 aliphatic heterocycles. The summed E-state index contributed by atoms with van der Waals surface area (Å²) in [4.78, 5) is 36.1. The second kappa shape index (κ2) is 14.1. The van der Waals surface area contributed by atoms with E-state index in [1.165, 1.54) is 24.3 Å². The lowest BCUT2D eigenvalue weighted by atomic mass is 10.0. The third-order valence-electron chi connectivity index (χ3n) is 9.39. The maximum absolute atomic E-state index is 13.8. The molecule has 0 unspecified atom stereocenters. The van der Waals surface area contributed by atoms with Gasteiger partial charge in [0.05, 0.1) is 16.7 Å². The third-order valence-corrected chi connectivity index (χ3v) is 9.39. The summed E-state index contributed by atoms with van der Waals surface area (Å²) < 4.78 is 31.0. The summed E-state index contributed by atoms with van der Waals surface area (Å²) in [5.41, 5.74) is 8.21. The molecule has 0 radical (unpaired) electrons. The zero-order valence-corrected chi connectivity index (χ0v) is 28.7. The molecule has 0 saturated carbocycles. The number of para-hydroxylation sites is 3. The number of aliphatic carboxylic acids is 2. The molecular weight excluding hydrogens is 680 g/mol. The zero-order valence-electron chi connectivity index (χ0n) is 28.7. The lowest BCUT2D eigenvalue weighted by Gasteiger charge is -2.07. The normalized spacial score (nSPS) is 11.3. The SMILES string of the molecule is Cc1c(Cc2ccc3cccc(O)c3n2)c2cc(F)ccc2n1CC(=O)O.Cc1c(Cc2cnc3ccccc3n2)c2cc(F)ccc2n1CC(=O)O. The quantitative estimate of drug-likeness (QED) is 0.145. The molecule has 0 atom stereocenters. The first kappa shape index (κ1) is 34.7. The van der Waals surface area contributed by atoms with E-state index in [0.717, 1.165) is 44.6 Å². The van der Waals surface area contributed by atoms with Crippen molar-refractivity contribution in [2.75, 3.05) is 0 Å². The van der Waals surface area contributed by atoms with Gasteiger partial charge in [-0.1, -0.05) is 30.3 Å². The molecule has 0 aliphatic carbocycles. The number of fused-ring (bicyclic) bond motifs is 4. The first-order chi connectivity index (χ1) is 25.5. The van der Waals surface area contributed by atoms with Crippen molar-refractivity contribution < 1.29 is 33.7 Å². The lowest BCUT2D eigenvalue weighted by Crippen LogP contribution is -2.10. The number of carboxylic acid groups (broad SMARTS) is 2. The molecule has 12 heteroatoms. The van der Waals surface area contributed by atoms with Crippen molar-refractivity contribution in [2.24, 2.45) is 0 Å². The number of nitrogens with zero attached hydrogens (tertiary/aromatic N) is 5. The van der Waals surface area contributed by atoms with Crippen LogP contribution in [0.25, 0.3) is 43.7 Å². The van der Waals surface area contributed by atoms with Crippen LogP contribution in [0.1, 0.15) is 33.9 Å². The minimum Gasteiger partial charge on any atom is -0.506 e. The van der Waals surface area contributed by atoms with Crippen molar-refractivity contribution in [3.63, 3.8) is 0 Å². The van der Waals surface area contributed by atoms with Crippen molar-refractivity contribution in [1.29, 1.82) is 0 Å². The van der Waals surface area contributed by atoms with Gasteiger partial charge in [-0.2, -0.15) is 0 Å². The number of hydrogen-bond acceptors (Lipinski definition) is 6. The van der Waals surface area contributed by atoms with Gasteiger partial charge in [0.25, 0.3) is 0 Å². The van der Waals surface area contributed by atoms with Crippen molar-refractivity contribution >= 4 is 55.7 Å². The van der Waals surface area contributed by atoms with Crippen LogP contribution in [0, 0.1) is 25.5 Å². The number of aromatic hydroxyl groups is 1. The number of carboxylic acids is 2. The average molecular weight is 714 g/mol. The summed E-state index contributed by atoms with van der Waals surface area (Å²) >= 11 is 0. The van der Waals surface area contributed by atoms with Crippen LogP contribution >= 0.6 is 0 Å². The fourth-order valence-corrected chi connectivity index (χ4v) is 6.89. The summed E-state index contributed by atoms with van der Waals surface area (Å²) in [5.74, 6) is -2.52. The number of halogens is 2. The number of carbonyl (C=O) groups is 2. The second-order valence-corrected chi connectivity index (χ2v) is 12.8. The van der Waals surface area contributed by atoms with Crippen molar-refractivity contribution in [1.82, 2.24) is 24.1 Å². The van der Waals surface area contributed by atoms with Gasteiger partial charge in [-0.3, -0.25) is 14.6 Å². The number of hydrogen-bond donors (Lipinski definition) is 3. The monoisotopic (exact) mass is 713 g/mol. The van der Waals surface area contributed by atoms with E-state index >= 15 is 0 Å². The van der Waals surface area contributed by atoms with Gasteiger partial charge >= 0.3 is 11.9 Å². The first-order valence-corrected chi connectivity index (χ1v) is 16.7. The second-order valence-electron chi connectivity index (χ2n) is 12.8. The van der Waals surface area contributed by atoms with Crippen LogP contribution in [0.3, 0.4) is 0 Å². The Morgan fingerprint density at radius 3 is 1.81 bits per heavy atom. The van der Waals surface area contributed by atoms with Gasteiger partial charge in [0.1, 0.15) is 36.0 Å². The Morgan fingerprint density at radius 1 is 0.660 bits per heavy atom. The molecule has 10 nitrogen and oxygen atoms in total. The molecule has 0 spiro atoms. The Morgan fingerprint density at radius 2 is 1.23 bits per heavy atom. The fourth-order valence-electron chi connectivity index (χ4n) is 6.89. The van der Waals surface area contributed by atoms with E-state index in [4.69, 9.17) is 0 Å². The Balaban J connectivity index is 0.000000164. The predicted octanol–water partition coefficient (Wildman–Crippen LogP) is 7.73. The summed E-state index contributed by atoms with van der Waals surface area (Å²) in [6.07, 6.45) is 2.57. The summed E-state index contributed by atoms with van der Waals surface area (Å²) in [5, 5.41) is 30.7. The number of phenols is 1. The maximum atomic E-state index is 13.8. The van der Waals surface area contributed by atoms with Crippen LogP contribution in [0.2, 0.25) is 0 Å². The topological polar surface area (TPSA) is 143 Å². The number of pyridine rings is 1. The molecule has 8 rings (SSSR count). The third kappa shape index (κ3) is 6.98. The highest BCUT2D eigenvalue weighted by atomic mass is 19.1. The van der Waals surface area contributed by atoms with Gasteiger partial charge in [0.2, 0.25) is 0 Å². The van der Waals surface area contributed by atoms with E-state index in [1.807, 2.05) is 56.3 Å². The largest absolute Gasteiger partial charge is 0.506 e. The highest BCUT2D eigenvalue weighted by Crippen LogP contribution is 2.31. The van der Waals surface area contributed by atoms with E-state index in [1.54, 1.807) is 39.6 Å². The fraction of sp³-hybridized carbons (Fsp3) is 0.146. The van der Waals surface area contributed by atoms with E-state index < -0.39 is 11.9 Å². The van der Waals surface area contributed by atoms with Gasteiger partial charge in [-0.15, -0.1) is 0 Å². The molecule has 0 bridgehead atoms. The molecule has 53 heavy (non-hydrogen) atoms. The van der Waals surface area contributed by atoms with Gasteiger partial charge in [-0.25, -0.2) is 18.7 Å². The molecule has 4 aromatic carbocycles. The van der Waals surface area contributed by atoms with Crippen LogP contribution in [0.4, 0.5) is 8.78 Å². The lowest BCUT2D eigenvalue weighted by molar-refractivity contribution is -0.138. The summed E-state index contributed by atoms with van der Waals surface area (Å²) in [7, 11) is 0. The molecular formula is C41H33F2N5O5. The number of benzene rings is 4. The smallest absolute Gasteiger partial charge is 0.323 e. The molecule has 266 valence electrons. The Hall–Kier alpha value is -6.69. The van der Waals surface area contributed by atoms with E-state index in [-0.39, 0.29) is 30.5 Å². The highest BCUT2D eigenvalue weighted by molar-refractivity contribution is 5.89. The van der Waals surface area contributed by atoms with Crippen LogP contribution in [-0.4, -0.2) is 51.3 Å². The first-order valence-electron chi connectivity index (χ1n) is 16.7. The Bertz CT molecular complexity index is 2720. The summed E-state index contributed by atoms with van der Waals surface area (Å²) in [6.45, 7) is 3.32. The molecule has 8 aromatic rings. The average Bonchev–Trinajstić information content (AvgIpc) is 3.52. The molecule has 3 N–H and O–H groups in total. The minimum atomic E-state index is -0.959. The zero-order chi connectivity index (χ0) is 37.4. The van der Waals surface area contributed by atoms with Crippen LogP contribution in [0.15, 0.2) is 97.2 Å². The van der Waals surface area contributed by atoms with Gasteiger partial charge in [0.15, 0.2) is 0 Å². The van der Waals surface area contributed by atoms with Gasteiger partial charge in [0, 0.05) is 63.3 Å². The Kier molecular flexibility index (Phi) is 9.27. The van der Waals surface area contributed by atoms with Crippen molar-refractivity contribution in [2.45, 2.75) is 39.8 Å². The van der Waals surface area contributed by atoms with E-state index in [0.29, 0.717) is 45.9 Å². The molecule has 0 amide bonds. The van der Waals surface area contributed by atoms with Gasteiger partial charge in [-0.05, 0) is 85.6 Å². The van der Waals surface area contributed by atoms with Crippen LogP contribution < -0.4 is 0 Å². The van der Waals surface area contributed by atoms with Crippen LogP contribution in [-0.2, 0) is 35.5 Å². The Labute approximate surface area is 301 Å². The molecule has 4 aromatic heterocycles. The molecule has 4 heterocycles. The number of phenolic OH excluding ortho intramolecular Hbond substituents is 1. The highest BCUT2D eigenvalue weighted by Gasteiger charge is 2.19. The standard InChI is InChI=1S/C21H17FN2O3.C20H16FN3O2/c1-12-16(10-15-7-5-13-3-2-4-19(25)21(13)23-15)17-9-14(22)6-8-18(17)24(12)11-20(26)27;1-12-15(9-14-10-22-17-4-2-3-5-18(17)23-14)16-8-13(21)6-7-19(16)24(12)11-20(25)26/h2-9,25H,10-11H2,1H3,(H,26,27);2-8,10H,9,11H2,1H3,(H,25,26). The van der Waals surface area contributed by atoms with Gasteiger partial charge < -0.3 is 24.5 Å². The number of rotatable bonds is 8. The van der Waals surface area contributed by atoms with Crippen molar-refractivity contribution in [3.05, 3.63) is 143 Å². The minimum absolute atomic E-state index is 0.102. The number of aromatic nitrogens is 5. The van der Waals surface area contributed by atoms with Crippen molar-refractivity contribution in [3.8, 4) is 5.75 Å². The summed E-state index contributed by atoms with van der Waals surface area (Å²) in [6, 6.07) is 25.3. The molecule has 0 saturated heterocycles. The van der Waals surface area contributed by atoms with Crippen LogP contribution in [0.5, 0.6) is 5.75 Å². The molecule has 0 fully saturated rings.